The zero-order valence-corrected chi connectivity index (χ0v) is 14.3. The molecule has 3 rings (SSSR count). The number of benzene rings is 1. The highest BCUT2D eigenvalue weighted by Gasteiger charge is 2.30. The van der Waals surface area contributed by atoms with E-state index >= 15 is 0 Å². The monoisotopic (exact) mass is 365 g/mol. The van der Waals surface area contributed by atoms with Crippen LogP contribution >= 0.6 is 0 Å². The molecule has 2 aromatic heterocycles. The number of aromatic nitrogens is 3. The lowest BCUT2D eigenvalue weighted by atomic mass is 10.0. The Balaban J connectivity index is 1.94. The van der Waals surface area contributed by atoms with Crippen LogP contribution in [0.25, 0.3) is 5.65 Å². The van der Waals surface area contributed by atoms with Crippen molar-refractivity contribution >= 4 is 5.65 Å². The fraction of sp³-hybridized carbons (Fsp3) is 0.333. The molecule has 2 heterocycles. The van der Waals surface area contributed by atoms with Crippen LogP contribution in [0, 0.1) is 6.92 Å². The Morgan fingerprint density at radius 2 is 2.04 bits per heavy atom. The molecule has 5 nitrogen and oxygen atoms in total. The van der Waals surface area contributed by atoms with Gasteiger partial charge in [0.2, 0.25) is 0 Å². The number of alkyl halides is 3. The highest BCUT2D eigenvalue weighted by molar-refractivity contribution is 5.49. The molecule has 0 fully saturated rings. The van der Waals surface area contributed by atoms with Crippen molar-refractivity contribution < 1.29 is 23.0 Å². The van der Waals surface area contributed by atoms with Gasteiger partial charge in [0.05, 0.1) is 17.3 Å². The Bertz CT molecular complexity index is 922. The molecule has 1 aromatic carbocycles. The van der Waals surface area contributed by atoms with E-state index in [1.54, 1.807) is 23.7 Å². The Morgan fingerprint density at radius 1 is 1.27 bits per heavy atom. The second-order valence-electron chi connectivity index (χ2n) is 5.89. The molecule has 1 unspecified atom stereocenters. The molecule has 0 aliphatic heterocycles. The Labute approximate surface area is 148 Å². The molecule has 1 atom stereocenters. The van der Waals surface area contributed by atoms with Crippen LogP contribution in [-0.2, 0) is 17.3 Å². The summed E-state index contributed by atoms with van der Waals surface area (Å²) in [6.07, 6.45) is -2.14. The third kappa shape index (κ3) is 3.56. The average Bonchev–Trinajstić information content (AvgIpc) is 3.02. The number of aliphatic hydroxyl groups excluding tert-OH is 1. The van der Waals surface area contributed by atoms with E-state index in [1.165, 1.54) is 12.3 Å². The van der Waals surface area contributed by atoms with E-state index in [2.05, 4.69) is 10.1 Å². The molecule has 0 saturated carbocycles. The number of rotatable bonds is 5. The topological polar surface area (TPSA) is 59.7 Å². The van der Waals surface area contributed by atoms with Crippen LogP contribution in [0.3, 0.4) is 0 Å². The maximum atomic E-state index is 12.9. The fourth-order valence-corrected chi connectivity index (χ4v) is 2.77. The zero-order chi connectivity index (χ0) is 18.9. The number of aliphatic hydroxyl groups is 1. The summed E-state index contributed by atoms with van der Waals surface area (Å²) in [5, 5.41) is 14.2. The van der Waals surface area contributed by atoms with Gasteiger partial charge >= 0.3 is 6.18 Å². The molecule has 0 amide bonds. The summed E-state index contributed by atoms with van der Waals surface area (Å²) in [5.41, 5.74) is 2.24. The minimum absolute atomic E-state index is 0.294. The number of hydrogen-bond donors (Lipinski definition) is 1. The number of aryl methyl sites for hydroxylation is 1. The molecule has 0 saturated heterocycles. The molecule has 0 radical (unpaired) electrons. The third-order valence-electron chi connectivity index (χ3n) is 4.14. The van der Waals surface area contributed by atoms with Crippen molar-refractivity contribution in [1.29, 1.82) is 0 Å². The predicted octanol–water partition coefficient (Wildman–Crippen LogP) is 3.67. The summed E-state index contributed by atoms with van der Waals surface area (Å²) >= 11 is 0. The van der Waals surface area contributed by atoms with Crippen LogP contribution in [0.15, 0.2) is 36.7 Å². The quantitative estimate of drug-likeness (QED) is 0.701. The molecule has 0 bridgehead atoms. The number of hydrogen-bond acceptors (Lipinski definition) is 4. The van der Waals surface area contributed by atoms with Gasteiger partial charge < -0.3 is 9.84 Å². The number of nitrogens with zero attached hydrogens (tertiary/aromatic N) is 3. The molecule has 0 aliphatic carbocycles. The smallest absolute Gasteiger partial charge is 0.364 e. The van der Waals surface area contributed by atoms with E-state index in [4.69, 9.17) is 4.74 Å². The highest BCUT2D eigenvalue weighted by Crippen LogP contribution is 2.30. The molecular formula is C18H18F3N3O2. The molecule has 0 spiro atoms. The molecule has 1 N–H and O–H groups in total. The van der Waals surface area contributed by atoms with Crippen molar-refractivity contribution in [2.45, 2.75) is 32.7 Å². The lowest BCUT2D eigenvalue weighted by molar-refractivity contribution is -0.137. The van der Waals surface area contributed by atoms with Crippen LogP contribution in [0.2, 0.25) is 0 Å². The van der Waals surface area contributed by atoms with Crippen molar-refractivity contribution in [3.63, 3.8) is 0 Å². The van der Waals surface area contributed by atoms with Gasteiger partial charge in [-0.15, -0.1) is 0 Å². The Kier molecular flexibility index (Phi) is 4.97. The minimum atomic E-state index is -4.38. The van der Waals surface area contributed by atoms with Crippen LogP contribution in [0.4, 0.5) is 13.2 Å². The lowest BCUT2D eigenvalue weighted by Crippen LogP contribution is -2.07. The second-order valence-corrected chi connectivity index (χ2v) is 5.89. The van der Waals surface area contributed by atoms with Crippen molar-refractivity contribution in [3.05, 3.63) is 64.6 Å². The zero-order valence-electron chi connectivity index (χ0n) is 14.3. The van der Waals surface area contributed by atoms with Crippen LogP contribution < -0.4 is 0 Å². The number of fused-ring (bicyclic) bond motifs is 1. The van der Waals surface area contributed by atoms with Crippen LogP contribution in [-0.4, -0.2) is 26.3 Å². The van der Waals surface area contributed by atoms with E-state index in [0.29, 0.717) is 29.8 Å². The van der Waals surface area contributed by atoms with Gasteiger partial charge in [-0.25, -0.2) is 9.50 Å². The van der Waals surface area contributed by atoms with Crippen molar-refractivity contribution in [1.82, 2.24) is 14.6 Å². The third-order valence-corrected chi connectivity index (χ3v) is 4.14. The van der Waals surface area contributed by atoms with E-state index in [1.807, 2.05) is 6.92 Å². The largest absolute Gasteiger partial charge is 0.416 e. The van der Waals surface area contributed by atoms with Gasteiger partial charge in [-0.1, -0.05) is 18.2 Å². The highest BCUT2D eigenvalue weighted by atomic mass is 19.4. The van der Waals surface area contributed by atoms with Crippen LogP contribution in [0.1, 0.15) is 41.2 Å². The van der Waals surface area contributed by atoms with Gasteiger partial charge in [-0.3, -0.25) is 0 Å². The first kappa shape index (κ1) is 18.3. The minimum Gasteiger partial charge on any atom is -0.364 e. The van der Waals surface area contributed by atoms with Gasteiger partial charge in [0, 0.05) is 24.9 Å². The van der Waals surface area contributed by atoms with E-state index in [0.717, 1.165) is 23.4 Å². The van der Waals surface area contributed by atoms with Gasteiger partial charge in [-0.2, -0.15) is 18.3 Å². The first-order chi connectivity index (χ1) is 12.3. The van der Waals surface area contributed by atoms with Crippen molar-refractivity contribution in [2.75, 3.05) is 6.61 Å². The molecule has 3 aromatic rings. The second kappa shape index (κ2) is 7.05. The average molecular weight is 365 g/mol. The molecule has 26 heavy (non-hydrogen) atoms. The lowest BCUT2D eigenvalue weighted by Gasteiger charge is -2.12. The first-order valence-corrected chi connectivity index (χ1v) is 8.09. The maximum Gasteiger partial charge on any atom is 0.416 e. The summed E-state index contributed by atoms with van der Waals surface area (Å²) in [4.78, 5) is 4.31. The van der Waals surface area contributed by atoms with Crippen molar-refractivity contribution in [2.24, 2.45) is 0 Å². The summed E-state index contributed by atoms with van der Waals surface area (Å²) < 4.78 is 45.3. The summed E-state index contributed by atoms with van der Waals surface area (Å²) in [5.74, 6) is 0. The fourth-order valence-electron chi connectivity index (χ4n) is 2.77. The molecular weight excluding hydrogens is 347 g/mol. The summed E-state index contributed by atoms with van der Waals surface area (Å²) in [6.45, 7) is 3.91. The number of halogens is 3. The SMILES string of the molecule is CCOC(O)c1cnn2c(C)c(Cc3cccc(C(F)(F)F)c3)cnc12. The van der Waals surface area contributed by atoms with Gasteiger partial charge in [0.25, 0.3) is 0 Å². The van der Waals surface area contributed by atoms with Crippen LogP contribution in [0.5, 0.6) is 0 Å². The summed E-state index contributed by atoms with van der Waals surface area (Å²) in [7, 11) is 0. The van der Waals surface area contributed by atoms with Gasteiger partial charge in [-0.05, 0) is 31.0 Å². The van der Waals surface area contributed by atoms with E-state index < -0.39 is 18.0 Å². The first-order valence-electron chi connectivity index (χ1n) is 8.09. The number of ether oxygens (including phenoxy) is 1. The standard InChI is InChI=1S/C18H18F3N3O2/c1-3-26-17(25)15-10-23-24-11(2)13(9-22-16(15)24)7-12-5-4-6-14(8-12)18(19,20)21/h4-6,8-10,17,25H,3,7H2,1-2H3. The van der Waals surface area contributed by atoms with Gasteiger partial charge in [0.1, 0.15) is 0 Å². The van der Waals surface area contributed by atoms with Gasteiger partial charge in [0.15, 0.2) is 11.9 Å². The molecule has 0 aliphatic rings. The van der Waals surface area contributed by atoms with E-state index in [9.17, 15) is 18.3 Å². The molecule has 8 heteroatoms. The Morgan fingerprint density at radius 3 is 2.73 bits per heavy atom. The Hall–Kier alpha value is -2.45. The summed E-state index contributed by atoms with van der Waals surface area (Å²) in [6, 6.07) is 5.22. The normalized spacial score (nSPS) is 13.3. The maximum absolute atomic E-state index is 12.9. The molecule has 138 valence electrons. The predicted molar refractivity (Wildman–Crippen MR) is 88.6 cm³/mol. The van der Waals surface area contributed by atoms with E-state index in [-0.39, 0.29) is 0 Å². The van der Waals surface area contributed by atoms with Crippen molar-refractivity contribution in [3.8, 4) is 0 Å².